The van der Waals surface area contributed by atoms with E-state index in [4.69, 9.17) is 4.74 Å². The maximum absolute atomic E-state index is 12.4. The van der Waals surface area contributed by atoms with Crippen molar-refractivity contribution < 1.29 is 19.4 Å². The number of aliphatic carboxylic acids is 1. The first-order chi connectivity index (χ1) is 10.8. The van der Waals surface area contributed by atoms with Gasteiger partial charge in [0.2, 0.25) is 0 Å². The van der Waals surface area contributed by atoms with E-state index in [1.807, 2.05) is 20.8 Å². The van der Waals surface area contributed by atoms with Gasteiger partial charge in [-0.3, -0.25) is 4.90 Å². The van der Waals surface area contributed by atoms with Crippen LogP contribution in [0.3, 0.4) is 0 Å². The molecule has 132 valence electrons. The van der Waals surface area contributed by atoms with Crippen LogP contribution in [0, 0.1) is 11.8 Å². The summed E-state index contributed by atoms with van der Waals surface area (Å²) in [6.45, 7) is 5.91. The van der Waals surface area contributed by atoms with Gasteiger partial charge in [0.15, 0.2) is 0 Å². The zero-order chi connectivity index (χ0) is 17.0. The molecule has 2 aliphatic rings. The predicted octanol–water partition coefficient (Wildman–Crippen LogP) is 4.06. The van der Waals surface area contributed by atoms with Crippen LogP contribution in [-0.4, -0.2) is 40.3 Å². The van der Waals surface area contributed by atoms with E-state index in [2.05, 4.69) is 0 Å². The summed E-state index contributed by atoms with van der Waals surface area (Å²) >= 11 is 0. The summed E-state index contributed by atoms with van der Waals surface area (Å²) < 4.78 is 5.42. The largest absolute Gasteiger partial charge is 0.480 e. The van der Waals surface area contributed by atoms with Crippen LogP contribution in [0.15, 0.2) is 0 Å². The highest BCUT2D eigenvalue weighted by molar-refractivity contribution is 5.80. The predicted molar refractivity (Wildman–Crippen MR) is 88.3 cm³/mol. The molecule has 1 saturated carbocycles. The molecule has 2 fully saturated rings. The van der Waals surface area contributed by atoms with E-state index in [9.17, 15) is 14.7 Å². The van der Waals surface area contributed by atoms with Crippen LogP contribution in [0.25, 0.3) is 0 Å². The molecule has 1 aliphatic carbocycles. The standard InChI is InChI=1S/C18H31NO4/c1-18(2,3)23-17(22)19-11-7-10-14(15(19)16(20)21)12-13-8-5-4-6-9-13/h13-15H,4-12H2,1-3H3,(H,20,21). The molecule has 2 atom stereocenters. The summed E-state index contributed by atoms with van der Waals surface area (Å²) in [6.07, 6.45) is 8.41. The van der Waals surface area contributed by atoms with Crippen LogP contribution in [0.1, 0.15) is 72.1 Å². The Labute approximate surface area is 139 Å². The molecule has 0 bridgehead atoms. The Hall–Kier alpha value is -1.26. The van der Waals surface area contributed by atoms with Crippen molar-refractivity contribution in [3.63, 3.8) is 0 Å². The summed E-state index contributed by atoms with van der Waals surface area (Å²) in [5.41, 5.74) is -0.601. The smallest absolute Gasteiger partial charge is 0.411 e. The number of amides is 1. The molecule has 0 aromatic heterocycles. The van der Waals surface area contributed by atoms with E-state index >= 15 is 0 Å². The number of nitrogens with zero attached hydrogens (tertiary/aromatic N) is 1. The van der Waals surface area contributed by atoms with Gasteiger partial charge in [0.25, 0.3) is 0 Å². The van der Waals surface area contributed by atoms with E-state index in [0.717, 1.165) is 19.3 Å². The normalized spacial score (nSPS) is 26.8. The van der Waals surface area contributed by atoms with Crippen molar-refractivity contribution in [1.29, 1.82) is 0 Å². The zero-order valence-corrected chi connectivity index (χ0v) is 14.7. The Morgan fingerprint density at radius 3 is 2.30 bits per heavy atom. The van der Waals surface area contributed by atoms with E-state index in [0.29, 0.717) is 12.5 Å². The van der Waals surface area contributed by atoms with Crippen molar-refractivity contribution in [2.24, 2.45) is 11.8 Å². The van der Waals surface area contributed by atoms with E-state index in [-0.39, 0.29) is 5.92 Å². The second-order valence-corrected chi connectivity index (χ2v) is 8.10. The Morgan fingerprint density at radius 1 is 1.09 bits per heavy atom. The van der Waals surface area contributed by atoms with Gasteiger partial charge in [0.05, 0.1) is 0 Å². The van der Waals surface area contributed by atoms with E-state index in [1.165, 1.54) is 37.0 Å². The van der Waals surface area contributed by atoms with E-state index < -0.39 is 23.7 Å². The topological polar surface area (TPSA) is 66.8 Å². The summed E-state index contributed by atoms with van der Waals surface area (Å²) in [5, 5.41) is 9.71. The lowest BCUT2D eigenvalue weighted by Gasteiger charge is -2.40. The summed E-state index contributed by atoms with van der Waals surface area (Å²) in [4.78, 5) is 25.7. The van der Waals surface area contributed by atoms with Gasteiger partial charge >= 0.3 is 12.1 Å². The first-order valence-corrected chi connectivity index (χ1v) is 9.00. The molecule has 5 heteroatoms. The molecule has 1 N–H and O–H groups in total. The molecule has 0 radical (unpaired) electrons. The van der Waals surface area contributed by atoms with Gasteiger partial charge < -0.3 is 9.84 Å². The summed E-state index contributed by atoms with van der Waals surface area (Å²) in [6, 6.07) is -0.736. The third-order valence-corrected chi connectivity index (χ3v) is 5.00. The fourth-order valence-corrected chi connectivity index (χ4v) is 4.03. The van der Waals surface area contributed by atoms with Gasteiger partial charge in [-0.25, -0.2) is 9.59 Å². The highest BCUT2D eigenvalue weighted by atomic mass is 16.6. The lowest BCUT2D eigenvalue weighted by molar-refractivity contribution is -0.147. The molecule has 23 heavy (non-hydrogen) atoms. The van der Waals surface area contributed by atoms with Crippen LogP contribution >= 0.6 is 0 Å². The van der Waals surface area contributed by atoms with E-state index in [1.54, 1.807) is 0 Å². The number of rotatable bonds is 3. The second-order valence-electron chi connectivity index (χ2n) is 8.10. The lowest BCUT2D eigenvalue weighted by atomic mass is 9.77. The second kappa shape index (κ2) is 7.54. The van der Waals surface area contributed by atoms with Crippen LogP contribution in [0.2, 0.25) is 0 Å². The molecule has 1 amide bonds. The molecule has 1 heterocycles. The number of carboxylic acid groups (broad SMARTS) is 1. The number of hydrogen-bond acceptors (Lipinski definition) is 3. The Bertz CT molecular complexity index is 423. The van der Waals surface area contributed by atoms with Crippen molar-refractivity contribution in [3.05, 3.63) is 0 Å². The zero-order valence-electron chi connectivity index (χ0n) is 14.7. The number of ether oxygens (including phenoxy) is 1. The SMILES string of the molecule is CC(C)(C)OC(=O)N1CCCC(CC2CCCCC2)C1C(=O)O. The van der Waals surface area contributed by atoms with Crippen molar-refractivity contribution in [1.82, 2.24) is 4.90 Å². The number of carboxylic acids is 1. The Balaban J connectivity index is 2.06. The third kappa shape index (κ3) is 5.11. The number of likely N-dealkylation sites (tertiary alicyclic amines) is 1. The van der Waals surface area contributed by atoms with Gasteiger partial charge in [0, 0.05) is 6.54 Å². The minimum atomic E-state index is -0.892. The number of piperidine rings is 1. The maximum atomic E-state index is 12.4. The first-order valence-electron chi connectivity index (χ1n) is 9.00. The first kappa shape index (κ1) is 18.1. The van der Waals surface area contributed by atoms with Crippen LogP contribution in [0.4, 0.5) is 4.79 Å². The fourth-order valence-electron chi connectivity index (χ4n) is 4.03. The quantitative estimate of drug-likeness (QED) is 0.850. The van der Waals surface area contributed by atoms with Crippen LogP contribution in [0.5, 0.6) is 0 Å². The van der Waals surface area contributed by atoms with Crippen LogP contribution < -0.4 is 0 Å². The number of hydrogen-bond donors (Lipinski definition) is 1. The molecule has 2 rings (SSSR count). The van der Waals surface area contributed by atoms with Crippen molar-refractivity contribution in [3.8, 4) is 0 Å². The fraction of sp³-hybridized carbons (Fsp3) is 0.889. The monoisotopic (exact) mass is 325 g/mol. The van der Waals surface area contributed by atoms with Gasteiger partial charge in [-0.15, -0.1) is 0 Å². The number of carbonyl (C=O) groups excluding carboxylic acids is 1. The van der Waals surface area contributed by atoms with Crippen LogP contribution in [-0.2, 0) is 9.53 Å². The Kier molecular flexibility index (Phi) is 5.93. The highest BCUT2D eigenvalue weighted by Gasteiger charge is 2.41. The maximum Gasteiger partial charge on any atom is 0.411 e. The molecule has 0 aromatic carbocycles. The molecule has 0 aromatic rings. The molecule has 0 spiro atoms. The van der Waals surface area contributed by atoms with Gasteiger partial charge in [0.1, 0.15) is 11.6 Å². The molecule has 1 saturated heterocycles. The number of carbonyl (C=O) groups is 2. The van der Waals surface area contributed by atoms with Gasteiger partial charge in [-0.2, -0.15) is 0 Å². The summed E-state index contributed by atoms with van der Waals surface area (Å²) in [5.74, 6) is -0.220. The molecular formula is C18H31NO4. The summed E-state index contributed by atoms with van der Waals surface area (Å²) in [7, 11) is 0. The molecular weight excluding hydrogens is 294 g/mol. The van der Waals surface area contributed by atoms with Gasteiger partial charge in [-0.05, 0) is 51.9 Å². The average molecular weight is 325 g/mol. The Morgan fingerprint density at radius 2 is 1.74 bits per heavy atom. The lowest BCUT2D eigenvalue weighted by Crippen LogP contribution is -2.54. The van der Waals surface area contributed by atoms with Crippen molar-refractivity contribution in [2.75, 3.05) is 6.54 Å². The van der Waals surface area contributed by atoms with Gasteiger partial charge in [-0.1, -0.05) is 32.1 Å². The highest BCUT2D eigenvalue weighted by Crippen LogP contribution is 2.35. The molecule has 5 nitrogen and oxygen atoms in total. The van der Waals surface area contributed by atoms with Crippen molar-refractivity contribution >= 4 is 12.1 Å². The third-order valence-electron chi connectivity index (χ3n) is 5.00. The minimum Gasteiger partial charge on any atom is -0.480 e. The molecule has 1 aliphatic heterocycles. The molecule has 2 unspecified atom stereocenters. The van der Waals surface area contributed by atoms with Crippen molar-refractivity contribution in [2.45, 2.75) is 83.8 Å². The average Bonchev–Trinajstić information content (AvgIpc) is 2.46. The minimum absolute atomic E-state index is 0.0527.